The molecule has 0 spiro atoms. The van der Waals surface area contributed by atoms with Crippen molar-refractivity contribution in [1.82, 2.24) is 0 Å². The molecule has 0 fully saturated rings. The third kappa shape index (κ3) is 17.0. The van der Waals surface area contributed by atoms with Crippen molar-refractivity contribution in [3.8, 4) is 0 Å². The average molecular weight is 384 g/mol. The molecule has 0 bridgehead atoms. The van der Waals surface area contributed by atoms with E-state index < -0.39 is 18.0 Å². The number of carbonyl (C=O) groups is 2. The number of nitrogens with two attached hydrogens (primary N) is 1. The minimum Gasteiger partial charge on any atom is -0.392 e. The Morgan fingerprint density at radius 1 is 0.704 bits per heavy atom. The highest BCUT2D eigenvalue weighted by atomic mass is 16.6. The number of rotatable bonds is 18. The van der Waals surface area contributed by atoms with Crippen LogP contribution in [0.3, 0.4) is 0 Å². The van der Waals surface area contributed by atoms with Gasteiger partial charge >= 0.3 is 11.9 Å². The van der Waals surface area contributed by atoms with Gasteiger partial charge in [0.25, 0.3) is 0 Å². The number of esters is 2. The van der Waals surface area contributed by atoms with Gasteiger partial charge < -0.3 is 10.5 Å². The third-order valence-corrected chi connectivity index (χ3v) is 5.19. The molecule has 27 heavy (non-hydrogen) atoms. The second-order valence-electron chi connectivity index (χ2n) is 8.26. The zero-order chi connectivity index (χ0) is 20.3. The molecule has 0 saturated heterocycles. The molecule has 160 valence electrons. The molecule has 0 aliphatic heterocycles. The molecule has 0 amide bonds. The first kappa shape index (κ1) is 26.1. The van der Waals surface area contributed by atoms with Crippen molar-refractivity contribution in [3.05, 3.63) is 0 Å². The highest BCUT2D eigenvalue weighted by molar-refractivity contribution is 5.88. The second-order valence-corrected chi connectivity index (χ2v) is 8.26. The maximum absolute atomic E-state index is 11.6. The maximum Gasteiger partial charge on any atom is 0.330 e. The first-order valence-corrected chi connectivity index (χ1v) is 11.5. The number of carbonyl (C=O) groups excluding carboxylic acids is 2. The van der Waals surface area contributed by atoms with Crippen LogP contribution in [0.25, 0.3) is 0 Å². The Balaban J connectivity index is 3.31. The SMILES string of the molecule is CCCCCCCCCCCCCCCCCC(=O)OC(=O)[C@@H](N)C(C)C. The van der Waals surface area contributed by atoms with Crippen molar-refractivity contribution in [2.24, 2.45) is 11.7 Å². The maximum atomic E-state index is 11.6. The van der Waals surface area contributed by atoms with Gasteiger partial charge in [0.1, 0.15) is 6.04 Å². The van der Waals surface area contributed by atoms with E-state index in [1.807, 2.05) is 13.8 Å². The van der Waals surface area contributed by atoms with E-state index in [-0.39, 0.29) is 5.92 Å². The lowest BCUT2D eigenvalue weighted by Gasteiger charge is -2.13. The Kier molecular flexibility index (Phi) is 17.8. The summed E-state index contributed by atoms with van der Waals surface area (Å²) in [6.45, 7) is 5.94. The van der Waals surface area contributed by atoms with Gasteiger partial charge in [-0.05, 0) is 12.3 Å². The summed E-state index contributed by atoms with van der Waals surface area (Å²) in [4.78, 5) is 23.2. The fourth-order valence-electron chi connectivity index (χ4n) is 3.14. The number of unbranched alkanes of at least 4 members (excludes halogenated alkanes) is 14. The van der Waals surface area contributed by atoms with Gasteiger partial charge in [-0.1, -0.05) is 111 Å². The molecule has 0 heterocycles. The van der Waals surface area contributed by atoms with E-state index >= 15 is 0 Å². The summed E-state index contributed by atoms with van der Waals surface area (Å²) < 4.78 is 4.79. The Bertz CT molecular complexity index is 369. The first-order chi connectivity index (χ1) is 13.0. The van der Waals surface area contributed by atoms with Crippen molar-refractivity contribution in [2.75, 3.05) is 0 Å². The number of ether oxygens (including phenoxy) is 1. The van der Waals surface area contributed by atoms with Crippen molar-refractivity contribution < 1.29 is 14.3 Å². The van der Waals surface area contributed by atoms with E-state index in [2.05, 4.69) is 6.92 Å². The van der Waals surface area contributed by atoms with E-state index in [1.54, 1.807) is 0 Å². The molecule has 0 aromatic rings. The van der Waals surface area contributed by atoms with Crippen LogP contribution in [-0.2, 0) is 14.3 Å². The third-order valence-electron chi connectivity index (χ3n) is 5.19. The van der Waals surface area contributed by atoms with Crippen LogP contribution in [0.2, 0.25) is 0 Å². The minimum atomic E-state index is -0.713. The lowest BCUT2D eigenvalue weighted by molar-refractivity contribution is -0.161. The molecule has 0 rings (SSSR count). The summed E-state index contributed by atoms with van der Waals surface area (Å²) in [6.07, 6.45) is 19.7. The van der Waals surface area contributed by atoms with Gasteiger partial charge in [0.15, 0.2) is 0 Å². The molecule has 0 aliphatic rings. The quantitative estimate of drug-likeness (QED) is 0.171. The molecule has 0 radical (unpaired) electrons. The molecule has 4 heteroatoms. The van der Waals surface area contributed by atoms with Crippen LogP contribution in [0.15, 0.2) is 0 Å². The zero-order valence-electron chi connectivity index (χ0n) is 18.3. The second kappa shape index (κ2) is 18.5. The first-order valence-electron chi connectivity index (χ1n) is 11.5. The predicted octanol–water partition coefficient (Wildman–Crippen LogP) is 6.30. The molecule has 0 unspecified atom stereocenters. The normalized spacial score (nSPS) is 12.3. The Morgan fingerprint density at radius 3 is 1.44 bits per heavy atom. The highest BCUT2D eigenvalue weighted by Gasteiger charge is 2.21. The Morgan fingerprint density at radius 2 is 1.07 bits per heavy atom. The molecule has 0 aromatic carbocycles. The molecule has 1 atom stereocenters. The fraction of sp³-hybridized carbons (Fsp3) is 0.913. The summed E-state index contributed by atoms with van der Waals surface area (Å²) in [5.41, 5.74) is 5.67. The van der Waals surface area contributed by atoms with E-state index in [0.717, 1.165) is 19.3 Å². The van der Waals surface area contributed by atoms with Gasteiger partial charge in [0, 0.05) is 6.42 Å². The molecule has 0 aliphatic carbocycles. The fourth-order valence-corrected chi connectivity index (χ4v) is 3.14. The lowest BCUT2D eigenvalue weighted by atomic mass is 10.0. The Hall–Kier alpha value is -0.900. The summed E-state index contributed by atoms with van der Waals surface area (Å²) in [6, 6.07) is -0.713. The monoisotopic (exact) mass is 383 g/mol. The topological polar surface area (TPSA) is 69.4 Å². The molecular formula is C23H45NO3. The van der Waals surface area contributed by atoms with E-state index in [1.165, 1.54) is 77.0 Å². The molecule has 0 aromatic heterocycles. The molecule has 2 N–H and O–H groups in total. The van der Waals surface area contributed by atoms with Crippen molar-refractivity contribution in [2.45, 2.75) is 130 Å². The van der Waals surface area contributed by atoms with Crippen LogP contribution in [0, 0.1) is 5.92 Å². The summed E-state index contributed by atoms with van der Waals surface area (Å²) in [5.74, 6) is -1.06. The molecular weight excluding hydrogens is 338 g/mol. The van der Waals surface area contributed by atoms with Gasteiger partial charge in [-0.2, -0.15) is 0 Å². The van der Waals surface area contributed by atoms with E-state index in [4.69, 9.17) is 10.5 Å². The summed E-state index contributed by atoms with van der Waals surface area (Å²) in [7, 11) is 0. The van der Waals surface area contributed by atoms with Crippen LogP contribution in [0.5, 0.6) is 0 Å². The van der Waals surface area contributed by atoms with Crippen LogP contribution < -0.4 is 5.73 Å². The number of hydrogen-bond acceptors (Lipinski definition) is 4. The standard InChI is InChI=1S/C23H45NO3/c1-4-5-6-7-8-9-10-11-12-13-14-15-16-17-18-19-21(25)27-23(26)22(24)20(2)3/h20,22H,4-19,24H2,1-3H3/t22-/m0/s1. The van der Waals surface area contributed by atoms with Gasteiger partial charge in [-0.15, -0.1) is 0 Å². The largest absolute Gasteiger partial charge is 0.392 e. The lowest BCUT2D eigenvalue weighted by Crippen LogP contribution is -2.38. The smallest absolute Gasteiger partial charge is 0.330 e. The number of hydrogen-bond donors (Lipinski definition) is 1. The average Bonchev–Trinajstić information content (AvgIpc) is 2.64. The van der Waals surface area contributed by atoms with Crippen LogP contribution >= 0.6 is 0 Å². The van der Waals surface area contributed by atoms with Crippen LogP contribution in [-0.4, -0.2) is 18.0 Å². The van der Waals surface area contributed by atoms with E-state index in [0.29, 0.717) is 6.42 Å². The van der Waals surface area contributed by atoms with Gasteiger partial charge in [-0.3, -0.25) is 4.79 Å². The summed E-state index contributed by atoms with van der Waals surface area (Å²) in [5, 5.41) is 0. The van der Waals surface area contributed by atoms with Crippen LogP contribution in [0.4, 0.5) is 0 Å². The van der Waals surface area contributed by atoms with Crippen LogP contribution in [0.1, 0.15) is 124 Å². The van der Waals surface area contributed by atoms with Crippen molar-refractivity contribution in [1.29, 1.82) is 0 Å². The van der Waals surface area contributed by atoms with Gasteiger partial charge in [0.05, 0.1) is 0 Å². The molecule has 0 saturated carbocycles. The zero-order valence-corrected chi connectivity index (χ0v) is 18.3. The van der Waals surface area contributed by atoms with Gasteiger partial charge in [0.2, 0.25) is 0 Å². The van der Waals surface area contributed by atoms with E-state index in [9.17, 15) is 9.59 Å². The molecule has 4 nitrogen and oxygen atoms in total. The predicted molar refractivity (Wildman–Crippen MR) is 113 cm³/mol. The summed E-state index contributed by atoms with van der Waals surface area (Å²) >= 11 is 0. The Labute approximate surface area is 168 Å². The minimum absolute atomic E-state index is 0.0175. The van der Waals surface area contributed by atoms with Crippen molar-refractivity contribution >= 4 is 11.9 Å². The highest BCUT2D eigenvalue weighted by Crippen LogP contribution is 2.14. The van der Waals surface area contributed by atoms with Gasteiger partial charge in [-0.25, -0.2) is 4.79 Å². The van der Waals surface area contributed by atoms with Crippen molar-refractivity contribution in [3.63, 3.8) is 0 Å².